The number of likely N-dealkylation sites (N-methyl/N-ethyl adjacent to an activating group) is 1. The molecule has 1 saturated heterocycles. The summed E-state index contributed by atoms with van der Waals surface area (Å²) in [5.41, 5.74) is 4.52. The Balaban J connectivity index is 1.37. The fraction of sp³-hybridized carbons (Fsp3) is 0.356. The van der Waals surface area contributed by atoms with Crippen LogP contribution in [0.4, 0.5) is 0 Å². The fourth-order valence-electron chi connectivity index (χ4n) is 10.0. The third-order valence-corrected chi connectivity index (χ3v) is 15.3. The highest BCUT2D eigenvalue weighted by Crippen LogP contribution is 2.48. The first kappa shape index (κ1) is 67.1. The Morgan fingerprint density at radius 1 is 0.667 bits per heavy atom. The van der Waals surface area contributed by atoms with Crippen molar-refractivity contribution in [3.05, 3.63) is 135 Å². The maximum atomic E-state index is 15.6. The topological polar surface area (TPSA) is 466 Å². The Morgan fingerprint density at radius 3 is 1.80 bits per heavy atom. The van der Waals surface area contributed by atoms with Crippen LogP contribution in [0.3, 0.4) is 0 Å². The summed E-state index contributed by atoms with van der Waals surface area (Å²) in [5, 5.41) is 115. The number of nitrogens with one attached hydrogen (secondary N) is 7. The van der Waals surface area contributed by atoms with Crippen molar-refractivity contribution in [2.24, 2.45) is 11.7 Å². The van der Waals surface area contributed by atoms with Crippen molar-refractivity contribution < 1.29 is 103 Å². The first-order valence-electron chi connectivity index (χ1n) is 27.7. The van der Waals surface area contributed by atoms with Crippen LogP contribution in [-0.2, 0) is 43.1 Å². The van der Waals surface area contributed by atoms with E-state index in [1.54, 1.807) is 0 Å². The lowest BCUT2D eigenvalue weighted by atomic mass is 9.97. The van der Waals surface area contributed by atoms with Crippen LogP contribution in [0.1, 0.15) is 84.8 Å². The van der Waals surface area contributed by atoms with E-state index in [1.165, 1.54) is 37.4 Å². The van der Waals surface area contributed by atoms with E-state index in [1.807, 2.05) is 13.8 Å². The lowest BCUT2D eigenvalue weighted by Gasteiger charge is -2.39. The molecule has 0 spiro atoms. The molecule has 7 amide bonds. The molecule has 1 fully saturated rings. The molecular weight excluding hydrogens is 1230 g/mol. The number of phenolic OH excluding ortho intramolecular Hbond substituents is 2. The number of aliphatic hydroxyl groups is 6. The molecule has 0 radical (unpaired) electrons. The number of carboxylic acids is 1. The second-order valence-electron chi connectivity index (χ2n) is 21.7. The number of aliphatic hydroxyl groups excluding tert-OH is 6. The van der Waals surface area contributed by atoms with Crippen molar-refractivity contribution in [2.45, 2.75) is 112 Å². The number of aliphatic carboxylic acids is 1. The predicted molar refractivity (Wildman–Crippen MR) is 312 cm³/mol. The van der Waals surface area contributed by atoms with Gasteiger partial charge in [-0.15, -0.1) is 0 Å². The van der Waals surface area contributed by atoms with Gasteiger partial charge >= 0.3 is 5.97 Å². The van der Waals surface area contributed by atoms with Gasteiger partial charge in [0.15, 0.2) is 17.5 Å². The van der Waals surface area contributed by atoms with Crippen molar-refractivity contribution in [1.29, 1.82) is 0 Å². The van der Waals surface area contributed by atoms with Crippen LogP contribution in [0.25, 0.3) is 0 Å². The number of fused-ring (bicyclic) bond motifs is 16. The zero-order valence-electron chi connectivity index (χ0n) is 47.8. The minimum atomic E-state index is -2.25. The summed E-state index contributed by atoms with van der Waals surface area (Å²) in [7, 11) is 1.48. The third-order valence-electron chi connectivity index (χ3n) is 14.8. The Hall–Kier alpha value is -8.88. The van der Waals surface area contributed by atoms with Crippen molar-refractivity contribution in [2.75, 3.05) is 13.7 Å². The second-order valence-corrected chi connectivity index (χ2v) is 22.5. The number of halogens is 2. The van der Waals surface area contributed by atoms with Gasteiger partial charge in [0.05, 0.1) is 29.1 Å². The van der Waals surface area contributed by atoms with Crippen molar-refractivity contribution in [3.63, 3.8) is 0 Å². The van der Waals surface area contributed by atoms with Gasteiger partial charge in [0.1, 0.15) is 89.8 Å². The van der Waals surface area contributed by atoms with E-state index in [0.29, 0.717) is 0 Å². The van der Waals surface area contributed by atoms with Crippen LogP contribution in [0.5, 0.6) is 40.2 Å². The van der Waals surface area contributed by atoms with Gasteiger partial charge in [-0.2, -0.15) is 0 Å². The van der Waals surface area contributed by atoms with Gasteiger partial charge in [0, 0.05) is 0 Å². The molecule has 14 atom stereocenters. The molecule has 5 aromatic rings. The number of nitrogens with two attached hydrogens (primary N) is 1. The highest BCUT2D eigenvalue weighted by Gasteiger charge is 2.46. The molecule has 10 rings (SSSR count). The molecule has 31 heteroatoms. The molecule has 480 valence electrons. The molecule has 5 aromatic carbocycles. The minimum absolute atomic E-state index is 0.0713. The highest BCUT2D eigenvalue weighted by atomic mass is 35.5. The largest absolute Gasteiger partial charge is 0.508 e. The molecule has 0 aliphatic carbocycles. The Morgan fingerprint density at radius 2 is 1.24 bits per heavy atom. The van der Waals surface area contributed by atoms with Crippen LogP contribution in [0.2, 0.25) is 10.0 Å². The van der Waals surface area contributed by atoms with E-state index in [-0.39, 0.29) is 56.9 Å². The molecule has 18 N–H and O–H groups in total. The molecule has 5 aliphatic heterocycles. The number of carbonyl (C=O) groups is 8. The maximum absolute atomic E-state index is 15.6. The number of phenols is 2. The van der Waals surface area contributed by atoms with Crippen LogP contribution < -0.4 is 57.2 Å². The van der Waals surface area contributed by atoms with Gasteiger partial charge in [0.2, 0.25) is 53.4 Å². The normalized spacial score (nSPS) is 25.3. The smallest absolute Gasteiger partial charge is 0.330 e. The number of aromatic hydroxyl groups is 2. The number of hydrogen-bond donors (Lipinski definition) is 17. The zero-order valence-corrected chi connectivity index (χ0v) is 49.3. The SMILES string of the molecule is CN[C@@H](CC(C)C)C(=O)N[C@@H]1C(=O)N[C@H](CC(N)=O)C(=O)N[C@@H]2C(=O)N[C@@H](c3ccc(O)cc3)C(=O)N[C@H](C(=O)N[C@H](C(=O)O)c3cccc(O)c3)[C@@H](O)c3ccc(c(Cl)c3)Oc3cc2cc(c3O[C@@H]2O[C@H](CO)[C@@H](O)[C@H](O)[C@H]2O)Oc2ccc(cc2Cl)[C@@H]1O. The summed E-state index contributed by atoms with van der Waals surface area (Å²) < 4.78 is 24.8. The summed E-state index contributed by atoms with van der Waals surface area (Å²) in [6.07, 6.45) is -14.7. The third kappa shape index (κ3) is 15.4. The molecule has 0 aromatic heterocycles. The molecule has 90 heavy (non-hydrogen) atoms. The van der Waals surface area contributed by atoms with Crippen molar-refractivity contribution >= 4 is 70.5 Å². The highest BCUT2D eigenvalue weighted by molar-refractivity contribution is 6.32. The average molecular weight is 1290 g/mol. The molecule has 5 heterocycles. The minimum Gasteiger partial charge on any atom is -0.508 e. The molecule has 0 unspecified atom stereocenters. The number of primary amides is 1. The lowest BCUT2D eigenvalue weighted by molar-refractivity contribution is -0.277. The van der Waals surface area contributed by atoms with E-state index in [0.717, 1.165) is 66.7 Å². The molecular formula is C59H64Cl2N8O21. The molecule has 0 saturated carbocycles. The molecule has 5 aliphatic rings. The first-order valence-corrected chi connectivity index (χ1v) is 28.5. The Kier molecular flexibility index (Phi) is 21.4. The number of carbonyl (C=O) groups excluding carboxylic acids is 7. The van der Waals surface area contributed by atoms with E-state index >= 15 is 14.4 Å². The summed E-state index contributed by atoms with van der Waals surface area (Å²) in [5.74, 6) is -13.8. The van der Waals surface area contributed by atoms with Crippen LogP contribution >= 0.6 is 23.2 Å². The standard InChI is InChI=1S/C59H64Cl2N8O21/c1-23(2)15-33(63-3)52(79)68-44-46(74)26-9-13-35(31(60)17-26)87-37-19-28-20-38(51(37)90-59-50(78)49(77)48(76)39(22-70)89-59)88-36-14-10-27(18-32(36)61)47(75)45(57(84)67-43(58(85)86)25-5-4-6-30(72)16-25)69-54(81)41(24-7-11-29(71)12-8-24)66-55(82)42(28)65-53(80)34(21-40(62)73)64-56(44)83/h4-14,16-20,23,33-34,39,41-50,59,63,70-72,74-78H,15,21-22H2,1-3H3,(H2,62,73)(H,64,83)(H,65,80)(H,66,82)(H,67,84)(H,68,79)(H,69,81)(H,85,86)/t33-,34+,39+,41-,42-,43-,44-,45-,46-,47-,48+,49-,50+,59-/m0/s1. The van der Waals surface area contributed by atoms with E-state index in [2.05, 4.69) is 37.2 Å². The second kappa shape index (κ2) is 28.7. The van der Waals surface area contributed by atoms with Crippen LogP contribution in [0.15, 0.2) is 97.1 Å². The number of carboxylic acid groups (broad SMARTS) is 1. The first-order chi connectivity index (χ1) is 42.7. The monoisotopic (exact) mass is 1290 g/mol. The van der Waals surface area contributed by atoms with Gasteiger partial charge in [-0.05, 0) is 108 Å². The summed E-state index contributed by atoms with van der Waals surface area (Å²) in [4.78, 5) is 114. The lowest BCUT2D eigenvalue weighted by Crippen LogP contribution is -2.60. The van der Waals surface area contributed by atoms with E-state index in [4.69, 9.17) is 47.9 Å². The number of amides is 7. The quantitative estimate of drug-likeness (QED) is 0.0665. The zero-order chi connectivity index (χ0) is 65.6. The molecule has 7 bridgehead atoms. The van der Waals surface area contributed by atoms with E-state index < -0.39 is 179 Å². The number of rotatable bonds is 15. The predicted octanol–water partition coefficient (Wildman–Crippen LogP) is 0.183. The fourth-order valence-corrected chi connectivity index (χ4v) is 10.5. The summed E-state index contributed by atoms with van der Waals surface area (Å²) in [6, 6.07) is 4.75. The van der Waals surface area contributed by atoms with Crippen molar-refractivity contribution in [1.82, 2.24) is 37.2 Å². The van der Waals surface area contributed by atoms with Crippen LogP contribution in [-0.4, -0.2) is 162 Å². The average Bonchev–Trinajstić information content (AvgIpc) is 0.856. The number of hydrogen-bond acceptors (Lipinski definition) is 21. The van der Waals surface area contributed by atoms with E-state index in [9.17, 15) is 69.9 Å². The van der Waals surface area contributed by atoms with Gasteiger partial charge in [-0.3, -0.25) is 33.6 Å². The molecule has 29 nitrogen and oxygen atoms in total. The van der Waals surface area contributed by atoms with Crippen molar-refractivity contribution in [3.8, 4) is 40.2 Å². The van der Waals surface area contributed by atoms with Crippen LogP contribution in [0, 0.1) is 5.92 Å². The number of ether oxygens (including phenoxy) is 4. The maximum Gasteiger partial charge on any atom is 0.330 e. The van der Waals surface area contributed by atoms with Gasteiger partial charge in [-0.1, -0.05) is 73.4 Å². The van der Waals surface area contributed by atoms with Gasteiger partial charge in [-0.25, -0.2) is 4.79 Å². The van der Waals surface area contributed by atoms with Gasteiger partial charge in [0.25, 0.3) is 0 Å². The Bertz CT molecular complexity index is 3550. The van der Waals surface area contributed by atoms with Gasteiger partial charge < -0.3 is 108 Å². The Labute approximate surface area is 521 Å². The number of benzene rings is 5. The summed E-state index contributed by atoms with van der Waals surface area (Å²) in [6.45, 7) is 2.71. The summed E-state index contributed by atoms with van der Waals surface area (Å²) >= 11 is 13.8.